The van der Waals surface area contributed by atoms with Gasteiger partial charge in [-0.3, -0.25) is 14.4 Å². The molecule has 27 heavy (non-hydrogen) atoms. The Morgan fingerprint density at radius 3 is 2.59 bits per heavy atom. The first kappa shape index (κ1) is 20.1. The van der Waals surface area contributed by atoms with Gasteiger partial charge in [-0.1, -0.05) is 18.2 Å². The summed E-state index contributed by atoms with van der Waals surface area (Å²) in [6, 6.07) is 10.7. The van der Waals surface area contributed by atoms with Gasteiger partial charge in [0.15, 0.2) is 0 Å². The molecule has 0 spiro atoms. The molecular weight excluding hydrogens is 372 g/mol. The van der Waals surface area contributed by atoms with E-state index in [0.29, 0.717) is 0 Å². The van der Waals surface area contributed by atoms with Crippen LogP contribution >= 0.6 is 0 Å². The second-order valence-electron chi connectivity index (χ2n) is 5.35. The van der Waals surface area contributed by atoms with Crippen molar-refractivity contribution >= 4 is 27.4 Å². The lowest BCUT2D eigenvalue weighted by atomic mass is 10.2. The fraction of sp³-hybridized carbons (Fsp3) is 0.167. The smallest absolute Gasteiger partial charge is 0.338 e. The third-order valence-corrected chi connectivity index (χ3v) is 5.35. The number of hydrogen-bond acceptors (Lipinski definition) is 6. The van der Waals surface area contributed by atoms with Crippen molar-refractivity contribution in [2.45, 2.75) is 11.8 Å². The van der Waals surface area contributed by atoms with E-state index >= 15 is 0 Å². The highest BCUT2D eigenvalue weighted by atomic mass is 32.2. The Balaban J connectivity index is 2.52. The molecule has 2 aromatic rings. The highest BCUT2D eigenvalue weighted by Crippen LogP contribution is 2.27. The number of nitro groups is 1. The fourth-order valence-electron chi connectivity index (χ4n) is 2.35. The molecule has 0 aromatic heterocycles. The van der Waals surface area contributed by atoms with Gasteiger partial charge in [-0.15, -0.1) is 6.58 Å². The molecule has 2 aromatic carbocycles. The minimum Gasteiger partial charge on any atom is -0.462 e. The van der Waals surface area contributed by atoms with Gasteiger partial charge in [-0.25, -0.2) is 13.2 Å². The second kappa shape index (κ2) is 8.45. The van der Waals surface area contributed by atoms with Gasteiger partial charge in [0, 0.05) is 12.1 Å². The van der Waals surface area contributed by atoms with Crippen LogP contribution in [-0.2, 0) is 14.8 Å². The molecule has 8 nitrogen and oxygen atoms in total. The summed E-state index contributed by atoms with van der Waals surface area (Å²) in [6.45, 7) is 5.33. The van der Waals surface area contributed by atoms with Crippen LogP contribution in [-0.4, -0.2) is 32.5 Å². The molecule has 0 saturated heterocycles. The molecule has 0 aliphatic heterocycles. The number of nitrogens with zero attached hydrogens (tertiary/aromatic N) is 2. The maximum absolute atomic E-state index is 13.0. The number of nitro benzene ring substituents is 1. The average Bonchev–Trinajstić information content (AvgIpc) is 2.66. The third kappa shape index (κ3) is 4.50. The van der Waals surface area contributed by atoms with Crippen LogP contribution in [0.5, 0.6) is 0 Å². The molecule has 0 fully saturated rings. The van der Waals surface area contributed by atoms with Gasteiger partial charge < -0.3 is 4.74 Å². The molecule has 0 atom stereocenters. The molecule has 0 bridgehead atoms. The normalized spacial score (nSPS) is 10.9. The Bertz CT molecular complexity index is 971. The van der Waals surface area contributed by atoms with E-state index in [0.717, 1.165) is 10.4 Å². The summed E-state index contributed by atoms with van der Waals surface area (Å²) < 4.78 is 32.0. The van der Waals surface area contributed by atoms with Crippen molar-refractivity contribution in [1.82, 2.24) is 0 Å². The predicted octanol–water partition coefficient (Wildman–Crippen LogP) is 3.15. The zero-order chi connectivity index (χ0) is 20.0. The van der Waals surface area contributed by atoms with Crippen LogP contribution in [0.4, 0.5) is 11.4 Å². The average molecular weight is 390 g/mol. The summed E-state index contributed by atoms with van der Waals surface area (Å²) in [6.07, 6.45) is 1.38. The number of non-ortho nitro benzene ring substituents is 1. The Morgan fingerprint density at radius 1 is 1.26 bits per heavy atom. The van der Waals surface area contributed by atoms with Gasteiger partial charge in [0.25, 0.3) is 15.7 Å². The van der Waals surface area contributed by atoms with Gasteiger partial charge in [-0.2, -0.15) is 0 Å². The van der Waals surface area contributed by atoms with Crippen molar-refractivity contribution in [3.8, 4) is 0 Å². The van der Waals surface area contributed by atoms with Crippen LogP contribution in [0.2, 0.25) is 0 Å². The molecule has 142 valence electrons. The predicted molar refractivity (Wildman–Crippen MR) is 100 cm³/mol. The van der Waals surface area contributed by atoms with Gasteiger partial charge in [-0.05, 0) is 31.2 Å². The van der Waals surface area contributed by atoms with Crippen LogP contribution in [0.15, 0.2) is 66.1 Å². The minimum atomic E-state index is -4.12. The van der Waals surface area contributed by atoms with Gasteiger partial charge in [0.1, 0.15) is 0 Å². The van der Waals surface area contributed by atoms with Crippen molar-refractivity contribution in [1.29, 1.82) is 0 Å². The van der Waals surface area contributed by atoms with Crippen molar-refractivity contribution in [2.75, 3.05) is 17.5 Å². The van der Waals surface area contributed by atoms with E-state index in [9.17, 15) is 23.3 Å². The lowest BCUT2D eigenvalue weighted by Gasteiger charge is -2.23. The van der Waals surface area contributed by atoms with Gasteiger partial charge >= 0.3 is 5.97 Å². The van der Waals surface area contributed by atoms with E-state index in [1.807, 2.05) is 0 Å². The Kier molecular flexibility index (Phi) is 6.30. The van der Waals surface area contributed by atoms with E-state index in [-0.39, 0.29) is 35.0 Å². The summed E-state index contributed by atoms with van der Waals surface area (Å²) in [5, 5.41) is 11.0. The molecule has 0 radical (unpaired) electrons. The number of carbonyl (C=O) groups is 1. The summed E-state index contributed by atoms with van der Waals surface area (Å²) in [7, 11) is -4.12. The van der Waals surface area contributed by atoms with Gasteiger partial charge in [0.05, 0.1) is 34.2 Å². The second-order valence-corrected chi connectivity index (χ2v) is 7.21. The van der Waals surface area contributed by atoms with Crippen LogP contribution < -0.4 is 4.31 Å². The lowest BCUT2D eigenvalue weighted by Crippen LogP contribution is -2.31. The molecule has 9 heteroatoms. The summed E-state index contributed by atoms with van der Waals surface area (Å²) in [4.78, 5) is 22.0. The van der Waals surface area contributed by atoms with E-state index in [1.165, 1.54) is 48.5 Å². The number of esters is 1. The van der Waals surface area contributed by atoms with Crippen molar-refractivity contribution < 1.29 is 22.9 Å². The monoisotopic (exact) mass is 390 g/mol. The Hall–Kier alpha value is -3.20. The number of anilines is 1. The first-order valence-corrected chi connectivity index (χ1v) is 9.40. The maximum Gasteiger partial charge on any atom is 0.338 e. The summed E-state index contributed by atoms with van der Waals surface area (Å²) in [5.41, 5.74) is 0.0690. The first-order chi connectivity index (χ1) is 12.8. The highest BCUT2D eigenvalue weighted by molar-refractivity contribution is 7.92. The SMILES string of the molecule is C=CCN(c1cccc(C(=O)OCC)c1)S(=O)(=O)c1cccc([N+](=O)[O-])c1. The number of carbonyl (C=O) groups excluding carboxylic acids is 1. The van der Waals surface area contributed by atoms with Gasteiger partial charge in [0.2, 0.25) is 0 Å². The number of sulfonamides is 1. The number of rotatable bonds is 8. The van der Waals surface area contributed by atoms with E-state index in [1.54, 1.807) is 6.92 Å². The molecular formula is C18H18N2O6S. The van der Waals surface area contributed by atoms with Crippen molar-refractivity contribution in [2.24, 2.45) is 0 Å². The third-order valence-electron chi connectivity index (χ3n) is 3.56. The Morgan fingerprint density at radius 2 is 1.96 bits per heavy atom. The zero-order valence-corrected chi connectivity index (χ0v) is 15.4. The quantitative estimate of drug-likeness (QED) is 0.297. The topological polar surface area (TPSA) is 107 Å². The molecule has 0 unspecified atom stereocenters. The highest BCUT2D eigenvalue weighted by Gasteiger charge is 2.26. The summed E-state index contributed by atoms with van der Waals surface area (Å²) >= 11 is 0. The fourth-order valence-corrected chi connectivity index (χ4v) is 3.81. The van der Waals surface area contributed by atoms with Crippen LogP contribution in [0.25, 0.3) is 0 Å². The van der Waals surface area contributed by atoms with E-state index in [2.05, 4.69) is 6.58 Å². The molecule has 0 saturated carbocycles. The maximum atomic E-state index is 13.0. The number of benzene rings is 2. The van der Waals surface area contributed by atoms with Crippen LogP contribution in [0, 0.1) is 10.1 Å². The molecule has 0 amide bonds. The van der Waals surface area contributed by atoms with E-state index in [4.69, 9.17) is 4.74 Å². The van der Waals surface area contributed by atoms with Crippen molar-refractivity contribution in [3.05, 3.63) is 76.9 Å². The molecule has 0 N–H and O–H groups in total. The molecule has 0 aliphatic rings. The van der Waals surface area contributed by atoms with Crippen LogP contribution in [0.1, 0.15) is 17.3 Å². The minimum absolute atomic E-state index is 0.0860. The largest absolute Gasteiger partial charge is 0.462 e. The Labute approximate surface area is 156 Å². The van der Waals surface area contributed by atoms with Crippen molar-refractivity contribution in [3.63, 3.8) is 0 Å². The zero-order valence-electron chi connectivity index (χ0n) is 14.6. The summed E-state index contributed by atoms with van der Waals surface area (Å²) in [5.74, 6) is -0.578. The lowest BCUT2D eigenvalue weighted by molar-refractivity contribution is -0.385. The van der Waals surface area contributed by atoms with E-state index < -0.39 is 20.9 Å². The molecule has 0 aliphatic carbocycles. The number of ether oxygens (including phenoxy) is 1. The van der Waals surface area contributed by atoms with Crippen LogP contribution in [0.3, 0.4) is 0 Å². The number of hydrogen-bond donors (Lipinski definition) is 0. The molecule has 0 heterocycles. The molecule has 2 rings (SSSR count). The first-order valence-electron chi connectivity index (χ1n) is 7.96. The standard InChI is InChI=1S/C18H18N2O6S/c1-3-11-19(15-8-5-7-14(12-15)18(21)26-4-2)27(24,25)17-10-6-9-16(13-17)20(22)23/h3,5-10,12-13H,1,4,11H2,2H3.